The predicted octanol–water partition coefficient (Wildman–Crippen LogP) is 5.54. The molecule has 0 saturated heterocycles. The lowest BCUT2D eigenvalue weighted by atomic mass is 9.87. The average molecular weight is 404 g/mol. The summed E-state index contributed by atoms with van der Waals surface area (Å²) in [5, 5.41) is 0. The normalized spacial score (nSPS) is 20.5. The van der Waals surface area contributed by atoms with Crippen molar-refractivity contribution in [1.29, 1.82) is 0 Å². The zero-order valence-corrected chi connectivity index (χ0v) is 17.9. The Morgan fingerprint density at radius 1 is 1.19 bits per heavy atom. The Labute approximate surface area is 171 Å². The fraction of sp³-hybridized carbons (Fsp3) is 0.455. The number of benzene rings is 2. The molecule has 3 atom stereocenters. The third-order valence-corrected chi connectivity index (χ3v) is 7.59. The molecule has 1 aliphatic heterocycles. The molecule has 2 N–H and O–H groups in total. The van der Waals surface area contributed by atoms with Crippen molar-refractivity contribution in [2.24, 2.45) is 23.5 Å². The number of thioether (sulfide) groups is 2. The van der Waals surface area contributed by atoms with E-state index in [0.29, 0.717) is 17.8 Å². The highest BCUT2D eigenvalue weighted by atomic mass is 32.2. The molecule has 1 heterocycles. The maximum absolute atomic E-state index is 6.43. The summed E-state index contributed by atoms with van der Waals surface area (Å²) in [5.74, 6) is 5.43. The highest BCUT2D eigenvalue weighted by Crippen LogP contribution is 2.39. The van der Waals surface area contributed by atoms with E-state index in [1.165, 1.54) is 9.79 Å². The van der Waals surface area contributed by atoms with Gasteiger partial charge in [-0.2, -0.15) is 0 Å². The molecule has 0 aromatic heterocycles. The first-order valence-electron chi connectivity index (χ1n) is 9.48. The zero-order valence-electron chi connectivity index (χ0n) is 16.3. The van der Waals surface area contributed by atoms with Crippen LogP contribution in [0, 0.1) is 17.8 Å². The van der Waals surface area contributed by atoms with E-state index < -0.39 is 0 Å². The fourth-order valence-electron chi connectivity index (χ4n) is 3.26. The van der Waals surface area contributed by atoms with Crippen molar-refractivity contribution in [1.82, 2.24) is 0 Å². The summed E-state index contributed by atoms with van der Waals surface area (Å²) < 4.78 is 11.6. The van der Waals surface area contributed by atoms with Crippen LogP contribution >= 0.6 is 23.5 Å². The number of hydrogen-bond donors (Lipinski definition) is 1. The fourth-order valence-corrected chi connectivity index (χ4v) is 5.80. The molecule has 0 aliphatic carbocycles. The van der Waals surface area contributed by atoms with Crippen LogP contribution in [0.3, 0.4) is 0 Å². The Balaban J connectivity index is 1.64. The van der Waals surface area contributed by atoms with E-state index in [2.05, 4.69) is 38.1 Å². The molecule has 0 spiro atoms. The quantitative estimate of drug-likeness (QED) is 0.615. The Kier molecular flexibility index (Phi) is 7.39. The Morgan fingerprint density at radius 2 is 1.93 bits per heavy atom. The third kappa shape index (κ3) is 5.37. The molecule has 0 fully saturated rings. The van der Waals surface area contributed by atoms with Crippen molar-refractivity contribution < 1.29 is 9.47 Å². The molecule has 27 heavy (non-hydrogen) atoms. The number of methoxy groups -OCH3 is 1. The lowest BCUT2D eigenvalue weighted by molar-refractivity contribution is 0.130. The van der Waals surface area contributed by atoms with Gasteiger partial charge in [0.05, 0.1) is 7.11 Å². The van der Waals surface area contributed by atoms with Gasteiger partial charge in [0.2, 0.25) is 0 Å². The molecule has 0 amide bonds. The van der Waals surface area contributed by atoms with E-state index in [-0.39, 0.29) is 6.23 Å². The van der Waals surface area contributed by atoms with Gasteiger partial charge in [-0.1, -0.05) is 38.1 Å². The average Bonchev–Trinajstić information content (AvgIpc) is 2.83. The molecule has 5 heteroatoms. The van der Waals surface area contributed by atoms with Crippen LogP contribution in [0.25, 0.3) is 0 Å². The van der Waals surface area contributed by atoms with Crippen LogP contribution in [-0.2, 0) is 0 Å². The van der Waals surface area contributed by atoms with Crippen molar-refractivity contribution in [3.63, 3.8) is 0 Å². The second kappa shape index (κ2) is 9.76. The lowest BCUT2D eigenvalue weighted by Crippen LogP contribution is -2.38. The van der Waals surface area contributed by atoms with Crippen molar-refractivity contribution in [2.45, 2.75) is 36.3 Å². The first kappa shape index (κ1) is 20.4. The molecular formula is C22H29NO2S2. The number of para-hydroxylation sites is 2. The van der Waals surface area contributed by atoms with Crippen LogP contribution in [0.2, 0.25) is 0 Å². The molecule has 0 radical (unpaired) electrons. The second-order valence-corrected chi connectivity index (χ2v) is 9.43. The van der Waals surface area contributed by atoms with E-state index in [1.54, 1.807) is 7.11 Å². The lowest BCUT2D eigenvalue weighted by Gasteiger charge is -2.28. The minimum Gasteiger partial charge on any atom is -0.496 e. The largest absolute Gasteiger partial charge is 0.496 e. The van der Waals surface area contributed by atoms with Gasteiger partial charge in [0, 0.05) is 27.2 Å². The topological polar surface area (TPSA) is 44.5 Å². The van der Waals surface area contributed by atoms with E-state index in [9.17, 15) is 0 Å². The van der Waals surface area contributed by atoms with E-state index in [1.807, 2.05) is 47.8 Å². The minimum absolute atomic E-state index is 0.251. The summed E-state index contributed by atoms with van der Waals surface area (Å²) >= 11 is 3.74. The Bertz CT molecular complexity index is 738. The molecule has 3 nitrogen and oxygen atoms in total. The van der Waals surface area contributed by atoms with Gasteiger partial charge in [-0.25, -0.2) is 0 Å². The first-order chi connectivity index (χ1) is 13.1. The predicted molar refractivity (Wildman–Crippen MR) is 116 cm³/mol. The van der Waals surface area contributed by atoms with Gasteiger partial charge in [-0.15, -0.1) is 23.5 Å². The van der Waals surface area contributed by atoms with Crippen LogP contribution in [0.4, 0.5) is 0 Å². The first-order valence-corrected chi connectivity index (χ1v) is 11.5. The molecule has 0 saturated carbocycles. The van der Waals surface area contributed by atoms with Gasteiger partial charge in [0.15, 0.2) is 6.23 Å². The Morgan fingerprint density at radius 3 is 2.70 bits per heavy atom. The smallest absolute Gasteiger partial charge is 0.151 e. The maximum Gasteiger partial charge on any atom is 0.151 e. The number of hydrogen-bond acceptors (Lipinski definition) is 5. The molecular weight excluding hydrogens is 374 g/mol. The number of ether oxygens (including phenoxy) is 2. The highest BCUT2D eigenvalue weighted by molar-refractivity contribution is 7.99. The number of rotatable bonds is 7. The van der Waals surface area contributed by atoms with Gasteiger partial charge < -0.3 is 9.47 Å². The SMILES string of the molecule is COc1ccccc1SCC(CC1CSc2ccccc2OC1N)C(C)C. The monoisotopic (exact) mass is 403 g/mol. The van der Waals surface area contributed by atoms with Crippen LogP contribution in [0.15, 0.2) is 58.3 Å². The number of nitrogens with two attached hydrogens (primary N) is 1. The summed E-state index contributed by atoms with van der Waals surface area (Å²) in [6.45, 7) is 4.61. The van der Waals surface area contributed by atoms with Gasteiger partial charge in [-0.05, 0) is 42.5 Å². The summed E-state index contributed by atoms with van der Waals surface area (Å²) in [6, 6.07) is 16.4. The molecule has 1 aliphatic rings. The van der Waals surface area contributed by atoms with Crippen LogP contribution in [-0.4, -0.2) is 24.8 Å². The van der Waals surface area contributed by atoms with Crippen LogP contribution in [0.5, 0.6) is 11.5 Å². The molecule has 146 valence electrons. The third-order valence-electron chi connectivity index (χ3n) is 5.10. The standard InChI is InChI=1S/C22H29NO2S2/c1-15(2)16(13-26-20-10-6-4-8-18(20)24-3)12-17-14-27-21-11-7-5-9-19(21)25-22(17)23/h4-11,15-17,22H,12-14,23H2,1-3H3. The van der Waals surface area contributed by atoms with Crippen molar-refractivity contribution >= 4 is 23.5 Å². The van der Waals surface area contributed by atoms with Crippen LogP contribution < -0.4 is 15.2 Å². The highest BCUT2D eigenvalue weighted by Gasteiger charge is 2.29. The maximum atomic E-state index is 6.43. The van der Waals surface area contributed by atoms with Crippen molar-refractivity contribution in [3.8, 4) is 11.5 Å². The van der Waals surface area contributed by atoms with Gasteiger partial charge in [0.1, 0.15) is 11.5 Å². The molecule has 3 unspecified atom stereocenters. The van der Waals surface area contributed by atoms with E-state index in [4.69, 9.17) is 15.2 Å². The van der Waals surface area contributed by atoms with E-state index >= 15 is 0 Å². The summed E-state index contributed by atoms with van der Waals surface area (Å²) in [6.07, 6.45) is 0.820. The molecule has 3 rings (SSSR count). The van der Waals surface area contributed by atoms with Crippen molar-refractivity contribution in [3.05, 3.63) is 48.5 Å². The molecule has 2 aromatic rings. The summed E-state index contributed by atoms with van der Waals surface area (Å²) in [7, 11) is 1.73. The van der Waals surface area contributed by atoms with Gasteiger partial charge in [0.25, 0.3) is 0 Å². The minimum atomic E-state index is -0.251. The van der Waals surface area contributed by atoms with Crippen LogP contribution in [0.1, 0.15) is 20.3 Å². The molecule has 0 bridgehead atoms. The summed E-state index contributed by atoms with van der Waals surface area (Å²) in [4.78, 5) is 2.40. The summed E-state index contributed by atoms with van der Waals surface area (Å²) in [5.41, 5.74) is 6.43. The number of fused-ring (bicyclic) bond motifs is 1. The van der Waals surface area contributed by atoms with Gasteiger partial charge in [-0.3, -0.25) is 5.73 Å². The van der Waals surface area contributed by atoms with E-state index in [0.717, 1.165) is 29.4 Å². The molecule has 2 aromatic carbocycles. The second-order valence-electron chi connectivity index (χ2n) is 7.30. The van der Waals surface area contributed by atoms with Gasteiger partial charge >= 0.3 is 0 Å². The Hall–Kier alpha value is -1.30. The zero-order chi connectivity index (χ0) is 19.2. The van der Waals surface area contributed by atoms with Crippen molar-refractivity contribution in [2.75, 3.05) is 18.6 Å².